The average molecular weight is 469 g/mol. The topological polar surface area (TPSA) is 88.7 Å². The number of halogens is 4. The zero-order valence-corrected chi connectivity index (χ0v) is 19.0. The van der Waals surface area contributed by atoms with Crippen molar-refractivity contribution in [3.05, 3.63) is 47.4 Å². The van der Waals surface area contributed by atoms with Gasteiger partial charge < -0.3 is 15.6 Å². The number of alkyl halides is 3. The fraction of sp³-hybridized carbons (Fsp3) is 0.478. The lowest BCUT2D eigenvalue weighted by Crippen LogP contribution is -2.49. The highest BCUT2D eigenvalue weighted by Crippen LogP contribution is 2.48. The number of benzene rings is 1. The Morgan fingerprint density at radius 2 is 1.79 bits per heavy atom. The van der Waals surface area contributed by atoms with E-state index in [-0.39, 0.29) is 23.5 Å². The molecule has 0 radical (unpaired) electrons. The number of hydrogen-bond acceptors (Lipinski definition) is 5. The highest BCUT2D eigenvalue weighted by atomic mass is 19.4. The molecule has 10 heteroatoms. The monoisotopic (exact) mass is 469 g/mol. The molecule has 33 heavy (non-hydrogen) atoms. The Hall–Kier alpha value is -2.72. The van der Waals surface area contributed by atoms with Crippen LogP contribution in [-0.2, 0) is 15.8 Å². The number of amides is 1. The van der Waals surface area contributed by atoms with E-state index in [1.807, 2.05) is 0 Å². The molecule has 0 aliphatic carbocycles. The summed E-state index contributed by atoms with van der Waals surface area (Å²) in [6, 6.07) is 6.08. The molecular weight excluding hydrogens is 442 g/mol. The van der Waals surface area contributed by atoms with Crippen molar-refractivity contribution in [2.45, 2.75) is 57.4 Å². The van der Waals surface area contributed by atoms with E-state index in [4.69, 9.17) is 10.5 Å². The van der Waals surface area contributed by atoms with Crippen LogP contribution in [0.3, 0.4) is 0 Å². The van der Waals surface area contributed by atoms with E-state index < -0.39 is 46.9 Å². The average Bonchev–Trinajstić information content (AvgIpc) is 2.96. The SMILES string of the molecule is CC(C)(C)OC(=O)N1CC(C)(C)c2cc(C(O)(CN)C(F)(F)F)nc(-c3ccc(F)cc3)c21. The summed E-state index contributed by atoms with van der Waals surface area (Å²) >= 11 is 0. The summed E-state index contributed by atoms with van der Waals surface area (Å²) in [6.45, 7) is 7.54. The molecule has 2 aromatic rings. The number of carbonyl (C=O) groups is 1. The summed E-state index contributed by atoms with van der Waals surface area (Å²) in [5.41, 5.74) is 0.461. The molecule has 0 fully saturated rings. The molecule has 1 aromatic carbocycles. The van der Waals surface area contributed by atoms with Gasteiger partial charge in [-0.15, -0.1) is 0 Å². The molecule has 2 heterocycles. The molecule has 1 amide bonds. The van der Waals surface area contributed by atoms with Crippen molar-refractivity contribution in [3.63, 3.8) is 0 Å². The first-order valence-electron chi connectivity index (χ1n) is 10.3. The van der Waals surface area contributed by atoms with Crippen LogP contribution in [0.4, 0.5) is 28.0 Å². The van der Waals surface area contributed by atoms with Gasteiger partial charge in [0, 0.05) is 24.1 Å². The van der Waals surface area contributed by atoms with Crippen molar-refractivity contribution >= 4 is 11.8 Å². The summed E-state index contributed by atoms with van der Waals surface area (Å²) in [6.07, 6.45) is -5.80. The number of rotatable bonds is 3. The summed E-state index contributed by atoms with van der Waals surface area (Å²) in [4.78, 5) is 18.5. The smallest absolute Gasteiger partial charge is 0.424 e. The number of nitrogens with two attached hydrogens (primary N) is 1. The van der Waals surface area contributed by atoms with Gasteiger partial charge in [0.1, 0.15) is 11.4 Å². The van der Waals surface area contributed by atoms with Gasteiger partial charge in [-0.1, -0.05) is 13.8 Å². The number of carbonyl (C=O) groups excluding carboxylic acids is 1. The largest absolute Gasteiger partial charge is 0.443 e. The van der Waals surface area contributed by atoms with E-state index in [1.54, 1.807) is 34.6 Å². The molecule has 180 valence electrons. The number of anilines is 1. The first kappa shape index (κ1) is 24.9. The molecule has 1 aliphatic heterocycles. The number of hydrogen-bond donors (Lipinski definition) is 2. The minimum Gasteiger partial charge on any atom is -0.443 e. The third-order valence-electron chi connectivity index (χ3n) is 5.46. The maximum Gasteiger partial charge on any atom is 0.424 e. The third kappa shape index (κ3) is 4.54. The maximum atomic E-state index is 13.8. The van der Waals surface area contributed by atoms with Crippen LogP contribution in [0.25, 0.3) is 11.3 Å². The Morgan fingerprint density at radius 3 is 2.27 bits per heavy atom. The van der Waals surface area contributed by atoms with Crippen molar-refractivity contribution in [3.8, 4) is 11.3 Å². The van der Waals surface area contributed by atoms with E-state index >= 15 is 0 Å². The fourth-order valence-corrected chi connectivity index (χ4v) is 3.75. The maximum absolute atomic E-state index is 13.8. The quantitative estimate of drug-likeness (QED) is 0.640. The van der Waals surface area contributed by atoms with Gasteiger partial charge >= 0.3 is 12.3 Å². The van der Waals surface area contributed by atoms with Crippen LogP contribution in [0.1, 0.15) is 45.9 Å². The zero-order valence-electron chi connectivity index (χ0n) is 19.0. The molecule has 1 aliphatic rings. The molecule has 3 rings (SSSR count). The van der Waals surface area contributed by atoms with Crippen molar-refractivity contribution in [2.75, 3.05) is 18.0 Å². The highest BCUT2D eigenvalue weighted by Gasteiger charge is 2.56. The number of nitrogens with zero attached hydrogens (tertiary/aromatic N) is 2. The summed E-state index contributed by atoms with van der Waals surface area (Å²) < 4.78 is 60.5. The lowest BCUT2D eigenvalue weighted by molar-refractivity contribution is -0.263. The lowest BCUT2D eigenvalue weighted by Gasteiger charge is -2.30. The van der Waals surface area contributed by atoms with Gasteiger partial charge in [0.05, 0.1) is 17.1 Å². The molecule has 0 saturated heterocycles. The normalized spacial score (nSPS) is 17.5. The predicted molar refractivity (Wildman–Crippen MR) is 115 cm³/mol. The Balaban J connectivity index is 2.33. The van der Waals surface area contributed by atoms with Crippen LogP contribution in [-0.4, -0.2) is 41.1 Å². The van der Waals surface area contributed by atoms with Gasteiger partial charge in [0.2, 0.25) is 5.60 Å². The second kappa shape index (κ2) is 7.95. The van der Waals surface area contributed by atoms with Gasteiger partial charge in [0.15, 0.2) is 0 Å². The van der Waals surface area contributed by atoms with Gasteiger partial charge in [-0.3, -0.25) is 4.90 Å². The minimum absolute atomic E-state index is 0.0185. The fourth-order valence-electron chi connectivity index (χ4n) is 3.75. The lowest BCUT2D eigenvalue weighted by atomic mass is 9.84. The Kier molecular flexibility index (Phi) is 6.00. The van der Waals surface area contributed by atoms with E-state index in [2.05, 4.69) is 4.98 Å². The van der Waals surface area contributed by atoms with Crippen LogP contribution in [0.15, 0.2) is 30.3 Å². The Bertz CT molecular complexity index is 1060. The van der Waals surface area contributed by atoms with Crippen LogP contribution in [0.2, 0.25) is 0 Å². The molecular formula is C23H27F4N3O3. The van der Waals surface area contributed by atoms with Crippen LogP contribution in [0.5, 0.6) is 0 Å². The molecule has 6 nitrogen and oxygen atoms in total. The van der Waals surface area contributed by atoms with Crippen LogP contribution >= 0.6 is 0 Å². The number of fused-ring (bicyclic) bond motifs is 1. The first-order chi connectivity index (χ1) is 15.0. The zero-order chi connectivity index (χ0) is 25.0. The van der Waals surface area contributed by atoms with Gasteiger partial charge in [-0.2, -0.15) is 13.2 Å². The van der Waals surface area contributed by atoms with Crippen molar-refractivity contribution in [1.82, 2.24) is 4.98 Å². The standard InChI is InChI=1S/C23H27F4N3O3/c1-20(2,3)33-19(31)30-12-21(4,5)15-10-16(22(32,11-28)23(25,26)27)29-17(18(15)30)13-6-8-14(24)9-7-13/h6-10,32H,11-12,28H2,1-5H3. The molecule has 0 saturated carbocycles. The minimum atomic E-state index is -5.10. The van der Waals surface area contributed by atoms with Crippen LogP contribution in [0, 0.1) is 5.82 Å². The van der Waals surface area contributed by atoms with Crippen molar-refractivity contribution in [2.24, 2.45) is 5.73 Å². The molecule has 1 aromatic heterocycles. The number of pyridine rings is 1. The number of aliphatic hydroxyl groups is 1. The highest BCUT2D eigenvalue weighted by molar-refractivity contribution is 5.97. The third-order valence-corrected chi connectivity index (χ3v) is 5.46. The van der Waals surface area contributed by atoms with E-state index in [9.17, 15) is 27.5 Å². The molecule has 0 spiro atoms. The van der Waals surface area contributed by atoms with E-state index in [0.29, 0.717) is 5.56 Å². The van der Waals surface area contributed by atoms with Crippen molar-refractivity contribution < 1.29 is 32.2 Å². The molecule has 1 atom stereocenters. The molecule has 0 bridgehead atoms. The van der Waals surface area contributed by atoms with E-state index in [1.165, 1.54) is 17.0 Å². The summed E-state index contributed by atoms with van der Waals surface area (Å²) in [5, 5.41) is 10.5. The Morgan fingerprint density at radius 1 is 1.21 bits per heavy atom. The van der Waals surface area contributed by atoms with Crippen LogP contribution < -0.4 is 10.6 Å². The first-order valence-corrected chi connectivity index (χ1v) is 10.3. The van der Waals surface area contributed by atoms with E-state index in [0.717, 1.165) is 18.2 Å². The predicted octanol–water partition coefficient (Wildman–Crippen LogP) is 4.63. The Labute approximate surface area is 189 Å². The molecule has 1 unspecified atom stereocenters. The molecule has 3 N–H and O–H groups in total. The van der Waals surface area contributed by atoms with Gasteiger partial charge in [-0.25, -0.2) is 14.2 Å². The summed E-state index contributed by atoms with van der Waals surface area (Å²) in [7, 11) is 0. The van der Waals surface area contributed by atoms with Gasteiger partial charge in [-0.05, 0) is 56.7 Å². The second-order valence-corrected chi connectivity index (χ2v) is 9.77. The van der Waals surface area contributed by atoms with Gasteiger partial charge in [0.25, 0.3) is 0 Å². The number of ether oxygens (including phenoxy) is 1. The second-order valence-electron chi connectivity index (χ2n) is 9.77. The number of aromatic nitrogens is 1. The van der Waals surface area contributed by atoms with Crippen molar-refractivity contribution in [1.29, 1.82) is 0 Å². The summed E-state index contributed by atoms with van der Waals surface area (Å²) in [5.74, 6) is -0.551.